The number of carbonyl (C=O) groups excluding carboxylic acids is 1. The van der Waals surface area contributed by atoms with Gasteiger partial charge in [-0.25, -0.2) is 4.39 Å². The van der Waals surface area contributed by atoms with Gasteiger partial charge in [-0.3, -0.25) is 9.59 Å². The summed E-state index contributed by atoms with van der Waals surface area (Å²) in [7, 11) is 0. The molecule has 0 heterocycles. The van der Waals surface area contributed by atoms with Crippen LogP contribution in [0.4, 0.5) is 10.1 Å². The molecule has 30 heavy (non-hydrogen) atoms. The maximum absolute atomic E-state index is 14.8. The first-order valence-electron chi connectivity index (χ1n) is 9.08. The van der Waals surface area contributed by atoms with Crippen molar-refractivity contribution in [3.63, 3.8) is 0 Å². The molecule has 2 aromatic rings. The van der Waals surface area contributed by atoms with E-state index in [4.69, 9.17) is 44.6 Å². The average Bonchev–Trinajstić information content (AvgIpc) is 3.50. The molecule has 0 aliphatic heterocycles. The topological polar surface area (TPSA) is 87.7 Å². The summed E-state index contributed by atoms with van der Waals surface area (Å²) < 4.78 is 20.4. The van der Waals surface area contributed by atoms with Crippen LogP contribution in [0.1, 0.15) is 28.8 Å². The number of anilines is 1. The minimum absolute atomic E-state index is 0.0255. The number of hydrogen-bond acceptors (Lipinski definition) is 4. The SMILES string of the molecule is O=C(O)CNC(=O)c1cc(Cl)c(OCc2cc(Cl)cc(NCC3CC3)c2F)c(Cl)c1. The van der Waals surface area contributed by atoms with E-state index in [-0.39, 0.29) is 33.5 Å². The van der Waals surface area contributed by atoms with Crippen LogP contribution in [0, 0.1) is 11.7 Å². The minimum Gasteiger partial charge on any atom is -0.486 e. The second-order valence-electron chi connectivity index (χ2n) is 6.88. The summed E-state index contributed by atoms with van der Waals surface area (Å²) in [6, 6.07) is 5.55. The third-order valence-electron chi connectivity index (χ3n) is 4.42. The van der Waals surface area contributed by atoms with E-state index in [9.17, 15) is 14.0 Å². The predicted octanol–water partition coefficient (Wildman–Crippen LogP) is 5.00. The zero-order valence-electron chi connectivity index (χ0n) is 15.6. The van der Waals surface area contributed by atoms with Crippen LogP contribution in [0.2, 0.25) is 15.1 Å². The summed E-state index contributed by atoms with van der Waals surface area (Å²) in [5, 5.41) is 14.3. The van der Waals surface area contributed by atoms with E-state index in [1.165, 1.54) is 24.3 Å². The van der Waals surface area contributed by atoms with Crippen molar-refractivity contribution >= 4 is 52.4 Å². The van der Waals surface area contributed by atoms with E-state index in [1.54, 1.807) is 0 Å². The predicted molar refractivity (Wildman–Crippen MR) is 113 cm³/mol. The molecule has 0 saturated heterocycles. The number of carboxylic acids is 1. The van der Waals surface area contributed by atoms with Crippen molar-refractivity contribution in [2.24, 2.45) is 5.92 Å². The van der Waals surface area contributed by atoms with Crippen LogP contribution in [0.25, 0.3) is 0 Å². The Labute approximate surface area is 187 Å². The average molecular weight is 476 g/mol. The number of benzene rings is 2. The Morgan fingerprint density at radius 1 is 1.13 bits per heavy atom. The van der Waals surface area contributed by atoms with Gasteiger partial charge in [0.2, 0.25) is 0 Å². The highest BCUT2D eigenvalue weighted by Crippen LogP contribution is 2.36. The number of amides is 1. The second-order valence-corrected chi connectivity index (χ2v) is 8.14. The van der Waals surface area contributed by atoms with Crippen molar-refractivity contribution in [2.75, 3.05) is 18.4 Å². The molecule has 1 aliphatic carbocycles. The molecular formula is C20H18Cl3FN2O4. The molecule has 160 valence electrons. The molecule has 1 fully saturated rings. The molecule has 0 radical (unpaired) electrons. The number of nitrogens with one attached hydrogen (secondary N) is 2. The number of rotatable bonds is 9. The molecule has 6 nitrogen and oxygen atoms in total. The molecule has 3 N–H and O–H groups in total. The van der Waals surface area contributed by atoms with Crippen molar-refractivity contribution in [1.82, 2.24) is 5.32 Å². The number of ether oxygens (including phenoxy) is 1. The maximum atomic E-state index is 14.8. The van der Waals surface area contributed by atoms with E-state index in [2.05, 4.69) is 10.6 Å². The number of halogens is 4. The van der Waals surface area contributed by atoms with Crippen molar-refractivity contribution in [2.45, 2.75) is 19.4 Å². The van der Waals surface area contributed by atoms with Crippen molar-refractivity contribution in [3.05, 3.63) is 56.3 Å². The van der Waals surface area contributed by atoms with Crippen LogP contribution in [-0.2, 0) is 11.4 Å². The van der Waals surface area contributed by atoms with Gasteiger partial charge in [0.05, 0.1) is 15.7 Å². The number of aliphatic carboxylic acids is 1. The smallest absolute Gasteiger partial charge is 0.322 e. The van der Waals surface area contributed by atoms with Gasteiger partial charge >= 0.3 is 5.97 Å². The fraction of sp³-hybridized carbons (Fsp3) is 0.300. The van der Waals surface area contributed by atoms with E-state index in [1.807, 2.05) is 0 Å². The summed E-state index contributed by atoms with van der Waals surface area (Å²) in [5.41, 5.74) is 0.589. The molecule has 2 aromatic carbocycles. The Morgan fingerprint density at radius 3 is 2.40 bits per heavy atom. The third-order valence-corrected chi connectivity index (χ3v) is 5.20. The van der Waals surface area contributed by atoms with Crippen LogP contribution in [0.15, 0.2) is 24.3 Å². The molecule has 0 bridgehead atoms. The molecule has 3 rings (SSSR count). The lowest BCUT2D eigenvalue weighted by Gasteiger charge is -2.14. The molecule has 1 saturated carbocycles. The van der Waals surface area contributed by atoms with Gasteiger partial charge in [0.25, 0.3) is 5.91 Å². The first-order chi connectivity index (χ1) is 14.2. The Kier molecular flexibility index (Phi) is 7.28. The molecule has 0 aromatic heterocycles. The lowest BCUT2D eigenvalue weighted by Crippen LogP contribution is -2.29. The van der Waals surface area contributed by atoms with E-state index in [0.29, 0.717) is 23.2 Å². The van der Waals surface area contributed by atoms with Gasteiger partial charge in [-0.15, -0.1) is 0 Å². The zero-order valence-corrected chi connectivity index (χ0v) is 17.9. The van der Waals surface area contributed by atoms with Crippen LogP contribution >= 0.6 is 34.8 Å². The number of carbonyl (C=O) groups is 2. The second kappa shape index (κ2) is 9.73. The van der Waals surface area contributed by atoms with Gasteiger partial charge in [0.1, 0.15) is 13.2 Å². The molecular weight excluding hydrogens is 458 g/mol. The van der Waals surface area contributed by atoms with E-state index < -0.39 is 24.2 Å². The Morgan fingerprint density at radius 2 is 1.80 bits per heavy atom. The third kappa shape index (κ3) is 5.90. The van der Waals surface area contributed by atoms with Gasteiger partial charge in [-0.1, -0.05) is 34.8 Å². The first kappa shape index (κ1) is 22.5. The summed E-state index contributed by atoms with van der Waals surface area (Å²) in [5.74, 6) is -1.68. The molecule has 0 atom stereocenters. The number of hydrogen-bond donors (Lipinski definition) is 3. The summed E-state index contributed by atoms with van der Waals surface area (Å²) >= 11 is 18.4. The Balaban J connectivity index is 1.72. The van der Waals surface area contributed by atoms with Crippen LogP contribution in [-0.4, -0.2) is 30.1 Å². The normalized spacial score (nSPS) is 13.1. The van der Waals surface area contributed by atoms with Crippen molar-refractivity contribution in [1.29, 1.82) is 0 Å². The highest BCUT2D eigenvalue weighted by atomic mass is 35.5. The molecule has 1 aliphatic rings. The molecule has 0 spiro atoms. The lowest BCUT2D eigenvalue weighted by atomic mass is 10.1. The molecule has 0 unspecified atom stereocenters. The van der Waals surface area contributed by atoms with Gasteiger partial charge in [-0.05, 0) is 43.0 Å². The fourth-order valence-electron chi connectivity index (χ4n) is 2.69. The van der Waals surface area contributed by atoms with E-state index >= 15 is 0 Å². The van der Waals surface area contributed by atoms with Crippen LogP contribution in [0.5, 0.6) is 5.75 Å². The fourth-order valence-corrected chi connectivity index (χ4v) is 3.53. The standard InChI is InChI=1S/C20H18Cl3FN2O4/c21-13-3-12(18(24)16(6-13)25-7-10-1-2-10)9-30-19-14(22)4-11(5-15(19)23)20(29)26-8-17(27)28/h3-6,10,25H,1-2,7-9H2,(H,26,29)(H,27,28). The number of carboxylic acid groups (broad SMARTS) is 1. The van der Waals surface area contributed by atoms with Gasteiger partial charge in [0, 0.05) is 22.7 Å². The van der Waals surface area contributed by atoms with E-state index in [0.717, 1.165) is 12.8 Å². The Hall–Kier alpha value is -2.22. The van der Waals surface area contributed by atoms with Crippen LogP contribution < -0.4 is 15.4 Å². The monoisotopic (exact) mass is 474 g/mol. The van der Waals surface area contributed by atoms with Crippen molar-refractivity contribution in [3.8, 4) is 5.75 Å². The van der Waals surface area contributed by atoms with Gasteiger partial charge in [-0.2, -0.15) is 0 Å². The molecule has 1 amide bonds. The Bertz CT molecular complexity index is 960. The maximum Gasteiger partial charge on any atom is 0.322 e. The summed E-state index contributed by atoms with van der Waals surface area (Å²) in [4.78, 5) is 22.5. The minimum atomic E-state index is -1.19. The van der Waals surface area contributed by atoms with Crippen molar-refractivity contribution < 1.29 is 23.8 Å². The highest BCUT2D eigenvalue weighted by Gasteiger charge is 2.22. The van der Waals surface area contributed by atoms with Crippen LogP contribution in [0.3, 0.4) is 0 Å². The molecule has 10 heteroatoms. The summed E-state index contributed by atoms with van der Waals surface area (Å²) in [6.07, 6.45) is 2.26. The quantitative estimate of drug-likeness (QED) is 0.475. The highest BCUT2D eigenvalue weighted by molar-refractivity contribution is 6.37. The largest absolute Gasteiger partial charge is 0.486 e. The lowest BCUT2D eigenvalue weighted by molar-refractivity contribution is -0.135. The van der Waals surface area contributed by atoms with Gasteiger partial charge < -0.3 is 20.5 Å². The van der Waals surface area contributed by atoms with Gasteiger partial charge in [0.15, 0.2) is 11.6 Å². The zero-order chi connectivity index (χ0) is 21.8. The first-order valence-corrected chi connectivity index (χ1v) is 10.2. The summed E-state index contributed by atoms with van der Waals surface area (Å²) in [6.45, 7) is -0.0490.